The number of benzene rings is 2. The first-order valence-corrected chi connectivity index (χ1v) is 6.60. The molecule has 2 aromatic carbocycles. The molecule has 0 aliphatic rings. The van der Waals surface area contributed by atoms with E-state index in [-0.39, 0.29) is 5.92 Å². The van der Waals surface area contributed by atoms with Crippen molar-refractivity contribution < 1.29 is 9.90 Å². The molecule has 0 amide bonds. The van der Waals surface area contributed by atoms with Gasteiger partial charge in [0.25, 0.3) is 0 Å². The molecular formula is C15H16NO2P. The number of aliphatic carboxylic acids is 1. The molecule has 19 heavy (non-hydrogen) atoms. The van der Waals surface area contributed by atoms with Crippen LogP contribution in [0.5, 0.6) is 0 Å². The number of rotatable bonds is 5. The molecule has 2 unspecified atom stereocenters. The zero-order chi connectivity index (χ0) is 13.7. The third-order valence-electron chi connectivity index (χ3n) is 3.10. The predicted octanol–water partition coefficient (Wildman–Crippen LogP) is 2.65. The molecule has 0 fully saturated rings. The van der Waals surface area contributed by atoms with Gasteiger partial charge in [-0.3, -0.25) is 9.88 Å². The van der Waals surface area contributed by atoms with Gasteiger partial charge >= 0.3 is 5.97 Å². The van der Waals surface area contributed by atoms with Crippen molar-refractivity contribution in [3.63, 3.8) is 0 Å². The van der Waals surface area contributed by atoms with E-state index in [1.807, 2.05) is 60.7 Å². The number of hydrogen-bond donors (Lipinski definition) is 2. The molecule has 4 heteroatoms. The van der Waals surface area contributed by atoms with Gasteiger partial charge in [0.05, 0.1) is 0 Å². The second kappa shape index (κ2) is 6.46. The SMILES string of the molecule is O=C(O)C(NP)C(c1ccccc1)c1ccccc1. The molecule has 2 aromatic rings. The molecule has 0 aliphatic heterocycles. The molecule has 3 nitrogen and oxygen atoms in total. The van der Waals surface area contributed by atoms with Crippen molar-refractivity contribution in [3.8, 4) is 0 Å². The normalized spacial score (nSPS) is 12.3. The molecular weight excluding hydrogens is 257 g/mol. The lowest BCUT2D eigenvalue weighted by molar-refractivity contribution is -0.139. The Balaban J connectivity index is 2.48. The van der Waals surface area contributed by atoms with E-state index in [1.54, 1.807) is 0 Å². The van der Waals surface area contributed by atoms with Crippen LogP contribution < -0.4 is 5.09 Å². The van der Waals surface area contributed by atoms with Crippen LogP contribution in [0.1, 0.15) is 17.0 Å². The Morgan fingerprint density at radius 2 is 1.37 bits per heavy atom. The maximum absolute atomic E-state index is 11.4. The van der Waals surface area contributed by atoms with Crippen LogP contribution in [0.3, 0.4) is 0 Å². The highest BCUT2D eigenvalue weighted by atomic mass is 31.0. The van der Waals surface area contributed by atoms with Crippen LogP contribution in [0.2, 0.25) is 0 Å². The molecule has 0 heterocycles. The van der Waals surface area contributed by atoms with Crippen LogP contribution in [0, 0.1) is 0 Å². The van der Waals surface area contributed by atoms with Gasteiger partial charge in [0, 0.05) is 5.92 Å². The summed E-state index contributed by atoms with van der Waals surface area (Å²) < 4.78 is 0. The summed E-state index contributed by atoms with van der Waals surface area (Å²) in [6, 6.07) is 18.7. The van der Waals surface area contributed by atoms with Crippen LogP contribution in [-0.4, -0.2) is 17.1 Å². The zero-order valence-electron chi connectivity index (χ0n) is 10.4. The number of nitrogens with one attached hydrogen (secondary N) is 1. The van der Waals surface area contributed by atoms with Gasteiger partial charge in [-0.2, -0.15) is 0 Å². The lowest BCUT2D eigenvalue weighted by Crippen LogP contribution is -2.37. The van der Waals surface area contributed by atoms with E-state index < -0.39 is 12.0 Å². The first kappa shape index (κ1) is 13.7. The smallest absolute Gasteiger partial charge is 0.321 e. The molecule has 0 spiro atoms. The highest BCUT2D eigenvalue weighted by molar-refractivity contribution is 7.13. The number of carboxylic acids is 1. The van der Waals surface area contributed by atoms with E-state index in [2.05, 4.69) is 14.5 Å². The van der Waals surface area contributed by atoms with Crippen molar-refractivity contribution in [1.82, 2.24) is 5.09 Å². The average molecular weight is 273 g/mol. The summed E-state index contributed by atoms with van der Waals surface area (Å²) in [6.07, 6.45) is 0. The van der Waals surface area contributed by atoms with Crippen molar-refractivity contribution in [1.29, 1.82) is 0 Å². The summed E-state index contributed by atoms with van der Waals surface area (Å²) in [5.41, 5.74) is 1.96. The van der Waals surface area contributed by atoms with Gasteiger partial charge in [-0.25, -0.2) is 0 Å². The molecule has 0 radical (unpaired) electrons. The van der Waals surface area contributed by atoms with Crippen molar-refractivity contribution >= 4 is 15.4 Å². The van der Waals surface area contributed by atoms with Crippen LogP contribution in [0.15, 0.2) is 60.7 Å². The van der Waals surface area contributed by atoms with E-state index in [0.717, 1.165) is 11.1 Å². The topological polar surface area (TPSA) is 49.3 Å². The van der Waals surface area contributed by atoms with Crippen LogP contribution in [0.25, 0.3) is 0 Å². The second-order valence-corrected chi connectivity index (χ2v) is 4.61. The van der Waals surface area contributed by atoms with E-state index in [0.29, 0.717) is 0 Å². The van der Waals surface area contributed by atoms with Crippen LogP contribution in [0.4, 0.5) is 0 Å². The first-order chi connectivity index (χ1) is 9.24. The van der Waals surface area contributed by atoms with E-state index in [9.17, 15) is 9.90 Å². The summed E-state index contributed by atoms with van der Waals surface area (Å²) in [4.78, 5) is 11.4. The molecule has 98 valence electrons. The minimum Gasteiger partial charge on any atom is -0.480 e. The van der Waals surface area contributed by atoms with E-state index >= 15 is 0 Å². The third kappa shape index (κ3) is 3.19. The standard InChI is InChI=1S/C15H16NO2P/c17-15(18)14(16-19)13(11-7-3-1-4-8-11)12-9-5-2-6-10-12/h1-10,13-14,16H,19H2,(H,17,18). The maximum atomic E-state index is 11.4. The van der Waals surface area contributed by atoms with Crippen molar-refractivity contribution in [2.45, 2.75) is 12.0 Å². The van der Waals surface area contributed by atoms with E-state index in [1.165, 1.54) is 0 Å². The number of carboxylic acid groups (broad SMARTS) is 1. The highest BCUT2D eigenvalue weighted by Crippen LogP contribution is 2.28. The first-order valence-electron chi connectivity index (χ1n) is 6.03. The fourth-order valence-corrected chi connectivity index (χ4v) is 2.54. The minimum atomic E-state index is -0.868. The van der Waals surface area contributed by atoms with Gasteiger partial charge in [0.1, 0.15) is 6.04 Å². The zero-order valence-corrected chi connectivity index (χ0v) is 11.5. The lowest BCUT2D eigenvalue weighted by atomic mass is 9.85. The molecule has 2 atom stereocenters. The van der Waals surface area contributed by atoms with Crippen LogP contribution >= 0.6 is 9.39 Å². The van der Waals surface area contributed by atoms with Gasteiger partial charge in [0.2, 0.25) is 0 Å². The Morgan fingerprint density at radius 1 is 0.947 bits per heavy atom. The highest BCUT2D eigenvalue weighted by Gasteiger charge is 2.29. The van der Waals surface area contributed by atoms with Gasteiger partial charge in [-0.1, -0.05) is 70.1 Å². The Kier molecular flexibility index (Phi) is 4.67. The number of hydrogen-bond acceptors (Lipinski definition) is 2. The fraction of sp³-hybridized carbons (Fsp3) is 0.133. The van der Waals surface area contributed by atoms with Crippen molar-refractivity contribution in [2.24, 2.45) is 0 Å². The molecule has 0 bridgehead atoms. The fourth-order valence-electron chi connectivity index (χ4n) is 2.21. The summed E-state index contributed by atoms with van der Waals surface area (Å²) in [5.74, 6) is -1.09. The Hall–Kier alpha value is -1.70. The summed E-state index contributed by atoms with van der Waals surface area (Å²) >= 11 is 0. The largest absolute Gasteiger partial charge is 0.480 e. The number of carbonyl (C=O) groups is 1. The van der Waals surface area contributed by atoms with Crippen molar-refractivity contribution in [3.05, 3.63) is 71.8 Å². The molecule has 0 saturated heterocycles. The van der Waals surface area contributed by atoms with Gasteiger partial charge in [0.15, 0.2) is 0 Å². The van der Waals surface area contributed by atoms with Crippen molar-refractivity contribution in [2.75, 3.05) is 0 Å². The van der Waals surface area contributed by atoms with Gasteiger partial charge < -0.3 is 5.11 Å². The summed E-state index contributed by atoms with van der Waals surface area (Å²) in [7, 11) is 2.30. The minimum absolute atomic E-state index is 0.225. The quantitative estimate of drug-likeness (QED) is 0.823. The van der Waals surface area contributed by atoms with Gasteiger partial charge in [-0.05, 0) is 11.1 Å². The van der Waals surface area contributed by atoms with E-state index in [4.69, 9.17) is 0 Å². The predicted molar refractivity (Wildman–Crippen MR) is 79.0 cm³/mol. The maximum Gasteiger partial charge on any atom is 0.321 e. The average Bonchev–Trinajstić information content (AvgIpc) is 2.46. The van der Waals surface area contributed by atoms with Gasteiger partial charge in [-0.15, -0.1) is 0 Å². The Morgan fingerprint density at radius 3 is 1.68 bits per heavy atom. The molecule has 0 aliphatic carbocycles. The third-order valence-corrected chi connectivity index (χ3v) is 3.46. The molecule has 0 aromatic heterocycles. The Labute approximate surface area is 114 Å². The Bertz CT molecular complexity index is 491. The summed E-state index contributed by atoms with van der Waals surface area (Å²) in [6.45, 7) is 0. The lowest BCUT2D eigenvalue weighted by Gasteiger charge is -2.24. The summed E-state index contributed by atoms with van der Waals surface area (Å²) in [5, 5.41) is 12.2. The monoisotopic (exact) mass is 273 g/mol. The van der Waals surface area contributed by atoms with Crippen LogP contribution in [-0.2, 0) is 4.79 Å². The molecule has 2 N–H and O–H groups in total. The second-order valence-electron chi connectivity index (χ2n) is 4.28. The molecule has 2 rings (SSSR count). The molecule has 0 saturated carbocycles.